The van der Waals surface area contributed by atoms with Crippen molar-refractivity contribution in [3.8, 4) is 0 Å². The van der Waals surface area contributed by atoms with E-state index >= 15 is 0 Å². The number of nitrogens with one attached hydrogen (secondary N) is 2. The second-order valence-electron chi connectivity index (χ2n) is 7.90. The van der Waals surface area contributed by atoms with Gasteiger partial charge in [-0.2, -0.15) is 0 Å². The Morgan fingerprint density at radius 1 is 0.829 bits per heavy atom. The van der Waals surface area contributed by atoms with Crippen molar-refractivity contribution in [2.45, 2.75) is 26.7 Å². The van der Waals surface area contributed by atoms with Crippen LogP contribution < -0.4 is 15.5 Å². The summed E-state index contributed by atoms with van der Waals surface area (Å²) in [5.74, 6) is -1.51. The Labute approximate surface area is 213 Å². The van der Waals surface area contributed by atoms with Crippen LogP contribution in [-0.4, -0.2) is 17.7 Å². The molecule has 3 amide bonds. The fraction of sp³-hybridized carbons (Fsp3) is 0.148. The molecular weight excluding hydrogens is 485 g/mol. The molecule has 0 saturated carbocycles. The molecule has 0 aliphatic carbocycles. The van der Waals surface area contributed by atoms with Crippen molar-refractivity contribution in [3.05, 3.63) is 99.2 Å². The Morgan fingerprint density at radius 3 is 2.06 bits per heavy atom. The fourth-order valence-corrected chi connectivity index (χ4v) is 4.33. The first-order chi connectivity index (χ1) is 16.8. The van der Waals surface area contributed by atoms with Gasteiger partial charge in [-0.25, -0.2) is 4.90 Å². The number of imide groups is 1. The zero-order valence-corrected chi connectivity index (χ0v) is 20.7. The molecule has 1 aliphatic rings. The number of aryl methyl sites for hydroxylation is 2. The number of amides is 3. The lowest BCUT2D eigenvalue weighted by Crippen LogP contribution is -2.32. The van der Waals surface area contributed by atoms with Crippen LogP contribution in [0, 0.1) is 0 Å². The van der Waals surface area contributed by atoms with Crippen molar-refractivity contribution in [3.63, 3.8) is 0 Å². The second-order valence-corrected chi connectivity index (χ2v) is 8.69. The molecule has 0 bridgehead atoms. The highest BCUT2D eigenvalue weighted by atomic mass is 35.5. The minimum absolute atomic E-state index is 0.0572. The average molecular weight is 508 g/mol. The molecule has 0 radical (unpaired) electrons. The molecule has 4 rings (SSSR count). The molecule has 1 aliphatic heterocycles. The molecule has 35 heavy (non-hydrogen) atoms. The maximum atomic E-state index is 13.0. The van der Waals surface area contributed by atoms with Gasteiger partial charge in [0.2, 0.25) is 0 Å². The van der Waals surface area contributed by atoms with E-state index in [0.29, 0.717) is 11.3 Å². The number of carbonyl (C=O) groups is 3. The Hall–Kier alpha value is -3.61. The summed E-state index contributed by atoms with van der Waals surface area (Å²) >= 11 is 12.4. The Bertz CT molecular complexity index is 1330. The molecule has 0 atom stereocenters. The number of hydrogen-bond acceptors (Lipinski definition) is 4. The van der Waals surface area contributed by atoms with E-state index in [1.54, 1.807) is 48.5 Å². The van der Waals surface area contributed by atoms with Gasteiger partial charge in [0.25, 0.3) is 17.7 Å². The van der Waals surface area contributed by atoms with Gasteiger partial charge in [-0.1, -0.05) is 67.4 Å². The van der Waals surface area contributed by atoms with Crippen LogP contribution in [0.15, 0.2) is 77.5 Å². The van der Waals surface area contributed by atoms with E-state index in [1.807, 2.05) is 32.0 Å². The van der Waals surface area contributed by atoms with E-state index in [1.165, 1.54) is 0 Å². The van der Waals surface area contributed by atoms with Gasteiger partial charge in [0.1, 0.15) is 10.7 Å². The van der Waals surface area contributed by atoms with Crippen molar-refractivity contribution in [1.82, 2.24) is 0 Å². The van der Waals surface area contributed by atoms with Gasteiger partial charge < -0.3 is 10.6 Å². The first-order valence-electron chi connectivity index (χ1n) is 11.2. The molecule has 0 spiro atoms. The van der Waals surface area contributed by atoms with Crippen molar-refractivity contribution < 1.29 is 14.4 Å². The SMILES string of the molecule is CCc1cccc(CC)c1NC(=O)c1ccc(NC2=C(Cl)C(=O)N(c3ccccc3Cl)C2=O)cc1. The normalized spacial score (nSPS) is 13.4. The van der Waals surface area contributed by atoms with Crippen LogP contribution in [0.3, 0.4) is 0 Å². The first kappa shape index (κ1) is 24.5. The highest BCUT2D eigenvalue weighted by molar-refractivity contribution is 6.53. The number of nitrogens with zero attached hydrogens (tertiary/aromatic N) is 1. The van der Waals surface area contributed by atoms with Gasteiger partial charge >= 0.3 is 0 Å². The minimum Gasteiger partial charge on any atom is -0.350 e. The first-order valence-corrected chi connectivity index (χ1v) is 11.9. The molecule has 0 aromatic heterocycles. The van der Waals surface area contributed by atoms with Crippen molar-refractivity contribution >= 4 is 58.0 Å². The Kier molecular flexibility index (Phi) is 7.24. The summed E-state index contributed by atoms with van der Waals surface area (Å²) in [6.45, 7) is 4.10. The molecule has 3 aromatic carbocycles. The van der Waals surface area contributed by atoms with E-state index in [-0.39, 0.29) is 27.3 Å². The summed E-state index contributed by atoms with van der Waals surface area (Å²) in [5, 5.41) is 5.95. The molecule has 2 N–H and O–H groups in total. The molecule has 178 valence electrons. The standard InChI is InChI=1S/C27H23Cl2N3O3/c1-3-16-8-7-9-17(4-2)23(16)31-25(33)18-12-14-19(15-13-18)30-24-22(29)26(34)32(27(24)35)21-11-6-5-10-20(21)28/h5-15,30H,3-4H2,1-2H3,(H,31,33). The summed E-state index contributed by atoms with van der Waals surface area (Å²) in [4.78, 5) is 39.5. The van der Waals surface area contributed by atoms with E-state index < -0.39 is 11.8 Å². The van der Waals surface area contributed by atoms with Crippen LogP contribution in [0.5, 0.6) is 0 Å². The van der Waals surface area contributed by atoms with Gasteiger partial charge in [-0.15, -0.1) is 0 Å². The average Bonchev–Trinajstić information content (AvgIpc) is 3.07. The maximum absolute atomic E-state index is 13.0. The Morgan fingerprint density at radius 2 is 1.46 bits per heavy atom. The summed E-state index contributed by atoms with van der Waals surface area (Å²) in [5.41, 5.74) is 4.14. The molecule has 6 nitrogen and oxygen atoms in total. The highest BCUT2D eigenvalue weighted by Gasteiger charge is 2.39. The predicted molar refractivity (Wildman–Crippen MR) is 140 cm³/mol. The van der Waals surface area contributed by atoms with Crippen LogP contribution in [0.4, 0.5) is 17.1 Å². The summed E-state index contributed by atoms with van der Waals surface area (Å²) in [7, 11) is 0. The number of rotatable bonds is 7. The molecular formula is C27H23Cl2N3O3. The molecule has 0 unspecified atom stereocenters. The van der Waals surface area contributed by atoms with Crippen molar-refractivity contribution in [1.29, 1.82) is 0 Å². The van der Waals surface area contributed by atoms with Gasteiger partial charge in [0.15, 0.2) is 0 Å². The van der Waals surface area contributed by atoms with Crippen molar-refractivity contribution in [2.24, 2.45) is 0 Å². The summed E-state index contributed by atoms with van der Waals surface area (Å²) < 4.78 is 0. The molecule has 3 aromatic rings. The maximum Gasteiger partial charge on any atom is 0.283 e. The lowest BCUT2D eigenvalue weighted by molar-refractivity contribution is -0.120. The molecule has 0 saturated heterocycles. The van der Waals surface area contributed by atoms with Crippen LogP contribution in [0.25, 0.3) is 0 Å². The molecule has 1 heterocycles. The van der Waals surface area contributed by atoms with Gasteiger partial charge in [-0.3, -0.25) is 14.4 Å². The van der Waals surface area contributed by atoms with E-state index in [9.17, 15) is 14.4 Å². The third kappa shape index (κ3) is 4.81. The zero-order valence-electron chi connectivity index (χ0n) is 19.2. The van der Waals surface area contributed by atoms with E-state index in [4.69, 9.17) is 23.2 Å². The molecule has 0 fully saturated rings. The van der Waals surface area contributed by atoms with Crippen LogP contribution in [-0.2, 0) is 22.4 Å². The number of hydrogen-bond donors (Lipinski definition) is 2. The van der Waals surface area contributed by atoms with Gasteiger partial charge in [0.05, 0.1) is 10.7 Å². The third-order valence-corrected chi connectivity index (χ3v) is 6.44. The minimum atomic E-state index is -0.662. The van der Waals surface area contributed by atoms with Crippen LogP contribution in [0.2, 0.25) is 5.02 Å². The largest absolute Gasteiger partial charge is 0.350 e. The van der Waals surface area contributed by atoms with Gasteiger partial charge in [0, 0.05) is 16.9 Å². The zero-order chi connectivity index (χ0) is 25.1. The lowest BCUT2D eigenvalue weighted by atomic mass is 10.0. The van der Waals surface area contributed by atoms with Crippen LogP contribution >= 0.6 is 23.2 Å². The fourth-order valence-electron chi connectivity index (χ4n) is 3.90. The molecule has 8 heteroatoms. The number of benzene rings is 3. The summed E-state index contributed by atoms with van der Waals surface area (Å²) in [6.07, 6.45) is 1.61. The number of para-hydroxylation sites is 2. The lowest BCUT2D eigenvalue weighted by Gasteiger charge is -2.16. The highest BCUT2D eigenvalue weighted by Crippen LogP contribution is 2.34. The monoisotopic (exact) mass is 507 g/mol. The van der Waals surface area contributed by atoms with Crippen molar-refractivity contribution in [2.75, 3.05) is 15.5 Å². The number of anilines is 3. The predicted octanol–water partition coefficient (Wildman–Crippen LogP) is 6.15. The Balaban J connectivity index is 1.51. The number of carbonyl (C=O) groups excluding carboxylic acids is 3. The second kappa shape index (κ2) is 10.3. The topological polar surface area (TPSA) is 78.5 Å². The smallest absolute Gasteiger partial charge is 0.283 e. The van der Waals surface area contributed by atoms with Gasteiger partial charge in [-0.05, 0) is 60.4 Å². The van der Waals surface area contributed by atoms with Crippen LogP contribution in [0.1, 0.15) is 35.3 Å². The van der Waals surface area contributed by atoms with E-state index in [0.717, 1.165) is 34.6 Å². The van der Waals surface area contributed by atoms with E-state index in [2.05, 4.69) is 10.6 Å². The quantitative estimate of drug-likeness (QED) is 0.375. The third-order valence-electron chi connectivity index (χ3n) is 5.77. The number of halogens is 2. The summed E-state index contributed by atoms with van der Waals surface area (Å²) in [6, 6.07) is 19.1.